The molecule has 0 atom stereocenters. The van der Waals surface area contributed by atoms with Gasteiger partial charge in [0.15, 0.2) is 5.13 Å². The van der Waals surface area contributed by atoms with Crippen molar-refractivity contribution in [2.24, 2.45) is 9.98 Å². The number of aliphatic imine (C=N–C) groups is 1. The van der Waals surface area contributed by atoms with Gasteiger partial charge in [0.05, 0.1) is 5.69 Å². The van der Waals surface area contributed by atoms with Crippen molar-refractivity contribution in [3.05, 3.63) is 95.3 Å². The average molecular weight is 427 g/mol. The standard InChI is InChI=1S/C24H22N6S/c1-30(2)21-15-13-18(14-16-21)17-25-22-28-23(26-19-9-5-3-6-10-19)31-24(29-22)27-20-11-7-4-8-12-20/h3-17H,1-2H3,(H,26,27,28,29)/b25-17+. The Hall–Kier alpha value is -3.84. The number of aromatic nitrogens is 2. The van der Waals surface area contributed by atoms with Crippen LogP contribution in [0.25, 0.3) is 0 Å². The minimum absolute atomic E-state index is 0.351. The summed E-state index contributed by atoms with van der Waals surface area (Å²) >= 11 is 1.37. The molecule has 1 N–H and O–H groups in total. The lowest BCUT2D eigenvalue weighted by molar-refractivity contribution is 1.11. The van der Waals surface area contributed by atoms with Crippen LogP contribution in [0.3, 0.4) is 0 Å². The van der Waals surface area contributed by atoms with E-state index in [1.807, 2.05) is 99.0 Å². The lowest BCUT2D eigenvalue weighted by Crippen LogP contribution is -2.08. The van der Waals surface area contributed by atoms with Crippen LogP contribution >= 0.6 is 11.3 Å². The molecule has 0 bridgehead atoms. The Morgan fingerprint density at radius 1 is 0.839 bits per heavy atom. The zero-order valence-corrected chi connectivity index (χ0v) is 18.1. The topological polar surface area (TPSA) is 65.8 Å². The molecule has 0 aliphatic rings. The van der Waals surface area contributed by atoms with E-state index in [0.29, 0.717) is 15.9 Å². The molecule has 3 aromatic carbocycles. The summed E-state index contributed by atoms with van der Waals surface area (Å²) in [5, 5.41) is 3.99. The fourth-order valence-electron chi connectivity index (χ4n) is 2.74. The first kappa shape index (κ1) is 20.4. The molecule has 1 aromatic heterocycles. The Morgan fingerprint density at radius 2 is 1.52 bits per heavy atom. The molecule has 4 aromatic rings. The molecule has 0 aliphatic heterocycles. The van der Waals surface area contributed by atoms with Gasteiger partial charge < -0.3 is 10.2 Å². The van der Waals surface area contributed by atoms with E-state index < -0.39 is 0 Å². The minimum Gasteiger partial charge on any atom is -0.378 e. The van der Waals surface area contributed by atoms with Gasteiger partial charge in [-0.15, -0.1) is 0 Å². The van der Waals surface area contributed by atoms with Crippen molar-refractivity contribution < 1.29 is 0 Å². The van der Waals surface area contributed by atoms with Gasteiger partial charge in [-0.05, 0) is 42.0 Å². The monoisotopic (exact) mass is 426 g/mol. The van der Waals surface area contributed by atoms with Crippen LogP contribution in [-0.4, -0.2) is 30.3 Å². The summed E-state index contributed by atoms with van der Waals surface area (Å²) in [7, 11) is 4.03. The molecule has 0 amide bonds. The van der Waals surface area contributed by atoms with Crippen LogP contribution in [0.5, 0.6) is 0 Å². The molecule has 7 heteroatoms. The highest BCUT2D eigenvalue weighted by molar-refractivity contribution is 7.12. The Labute approximate surface area is 185 Å². The number of benzene rings is 3. The molecule has 0 radical (unpaired) electrons. The van der Waals surface area contributed by atoms with Crippen molar-refractivity contribution in [2.75, 3.05) is 24.3 Å². The number of hydrogen-bond acceptors (Lipinski definition) is 7. The van der Waals surface area contributed by atoms with E-state index in [0.717, 1.165) is 22.6 Å². The van der Waals surface area contributed by atoms with Gasteiger partial charge >= 0.3 is 0 Å². The largest absolute Gasteiger partial charge is 0.378 e. The third kappa shape index (κ3) is 5.83. The highest BCUT2D eigenvalue weighted by atomic mass is 32.1. The second-order valence-electron chi connectivity index (χ2n) is 6.90. The first-order valence-electron chi connectivity index (χ1n) is 9.78. The fraction of sp³-hybridized carbons (Fsp3) is 0.0833. The summed E-state index contributed by atoms with van der Waals surface area (Å²) in [6.45, 7) is 0. The zero-order chi connectivity index (χ0) is 21.5. The van der Waals surface area contributed by atoms with Crippen LogP contribution in [-0.2, 0) is 0 Å². The highest BCUT2D eigenvalue weighted by Gasteiger charge is 2.03. The Kier molecular flexibility index (Phi) is 6.44. The van der Waals surface area contributed by atoms with Gasteiger partial charge in [0.1, 0.15) is 0 Å². The molecule has 6 nitrogen and oxygen atoms in total. The van der Waals surface area contributed by atoms with Crippen LogP contribution in [0.15, 0.2) is 94.9 Å². The predicted molar refractivity (Wildman–Crippen MR) is 129 cm³/mol. The molecule has 0 saturated heterocycles. The number of anilines is 3. The zero-order valence-electron chi connectivity index (χ0n) is 17.3. The molecule has 0 unspecified atom stereocenters. The summed E-state index contributed by atoms with van der Waals surface area (Å²) in [5.41, 5.74) is 3.88. The van der Waals surface area contributed by atoms with Crippen molar-refractivity contribution in [1.29, 1.82) is 0 Å². The van der Waals surface area contributed by atoms with E-state index in [9.17, 15) is 0 Å². The molecule has 0 saturated carbocycles. The van der Waals surface area contributed by atoms with Crippen molar-refractivity contribution in [2.45, 2.75) is 0 Å². The van der Waals surface area contributed by atoms with Gasteiger partial charge in [0.2, 0.25) is 4.80 Å². The van der Waals surface area contributed by atoms with E-state index in [4.69, 9.17) is 0 Å². The van der Waals surface area contributed by atoms with Crippen LogP contribution in [0.2, 0.25) is 0 Å². The van der Waals surface area contributed by atoms with Gasteiger partial charge in [-0.2, -0.15) is 9.97 Å². The van der Waals surface area contributed by atoms with Gasteiger partial charge in [-0.25, -0.2) is 9.98 Å². The first-order chi connectivity index (χ1) is 15.2. The predicted octanol–water partition coefficient (Wildman–Crippen LogP) is 5.33. The SMILES string of the molecule is CN(C)c1ccc(/C=N/c2nc(Nc3ccccc3)sc(=Nc3ccccc3)n2)cc1. The van der Waals surface area contributed by atoms with Gasteiger partial charge in [-0.1, -0.05) is 59.9 Å². The summed E-state index contributed by atoms with van der Waals surface area (Å²) in [4.78, 5) is 20.9. The molecule has 4 rings (SSSR count). The van der Waals surface area contributed by atoms with Crippen LogP contribution in [0.1, 0.15) is 5.56 Å². The van der Waals surface area contributed by atoms with Crippen molar-refractivity contribution in [1.82, 2.24) is 9.97 Å². The third-order valence-corrected chi connectivity index (χ3v) is 5.08. The number of nitrogens with one attached hydrogen (secondary N) is 1. The van der Waals surface area contributed by atoms with Gasteiger partial charge in [-0.3, -0.25) is 0 Å². The third-order valence-electron chi connectivity index (χ3n) is 4.33. The van der Waals surface area contributed by atoms with Crippen LogP contribution < -0.4 is 15.0 Å². The average Bonchev–Trinajstić information content (AvgIpc) is 2.79. The lowest BCUT2D eigenvalue weighted by atomic mass is 10.2. The molecular weight excluding hydrogens is 404 g/mol. The molecule has 0 fully saturated rings. The normalized spacial score (nSPS) is 11.6. The minimum atomic E-state index is 0.351. The molecule has 0 aliphatic carbocycles. The number of rotatable bonds is 6. The van der Waals surface area contributed by atoms with E-state index >= 15 is 0 Å². The maximum atomic E-state index is 4.64. The van der Waals surface area contributed by atoms with Crippen LogP contribution in [0, 0.1) is 0 Å². The fourth-order valence-corrected chi connectivity index (χ4v) is 3.49. The quantitative estimate of drug-likeness (QED) is 0.423. The molecule has 1 heterocycles. The van der Waals surface area contributed by atoms with E-state index in [1.165, 1.54) is 11.3 Å². The maximum Gasteiger partial charge on any atom is 0.254 e. The van der Waals surface area contributed by atoms with E-state index in [2.05, 4.69) is 30.2 Å². The smallest absolute Gasteiger partial charge is 0.254 e. The van der Waals surface area contributed by atoms with Crippen molar-refractivity contribution in [3.8, 4) is 0 Å². The van der Waals surface area contributed by atoms with E-state index in [1.54, 1.807) is 6.21 Å². The number of para-hydroxylation sites is 2. The number of nitrogens with zero attached hydrogens (tertiary/aromatic N) is 5. The molecular formula is C24H22N6S. The highest BCUT2D eigenvalue weighted by Crippen LogP contribution is 2.19. The van der Waals surface area contributed by atoms with Crippen molar-refractivity contribution in [3.63, 3.8) is 0 Å². The molecule has 31 heavy (non-hydrogen) atoms. The van der Waals surface area contributed by atoms with E-state index in [-0.39, 0.29) is 0 Å². The summed E-state index contributed by atoms with van der Waals surface area (Å²) < 4.78 is 0. The summed E-state index contributed by atoms with van der Waals surface area (Å²) in [6.07, 6.45) is 1.76. The summed E-state index contributed by atoms with van der Waals surface area (Å²) in [5.74, 6) is 0.351. The van der Waals surface area contributed by atoms with Crippen LogP contribution in [0.4, 0.5) is 28.1 Å². The molecule has 154 valence electrons. The second kappa shape index (κ2) is 9.77. The van der Waals surface area contributed by atoms with Crippen molar-refractivity contribution >= 4 is 45.7 Å². The Bertz CT molecular complexity index is 1220. The Morgan fingerprint density at radius 3 is 2.19 bits per heavy atom. The Balaban J connectivity index is 1.67. The number of hydrogen-bond donors (Lipinski definition) is 1. The van der Waals surface area contributed by atoms with Gasteiger partial charge in [0, 0.05) is 31.7 Å². The van der Waals surface area contributed by atoms with Gasteiger partial charge in [0.25, 0.3) is 5.95 Å². The molecule has 0 spiro atoms. The lowest BCUT2D eigenvalue weighted by Gasteiger charge is -2.11. The second-order valence-corrected chi connectivity index (χ2v) is 7.85. The first-order valence-corrected chi connectivity index (χ1v) is 10.6. The summed E-state index contributed by atoms with van der Waals surface area (Å²) in [6, 6.07) is 27.8. The maximum absolute atomic E-state index is 4.64.